The van der Waals surface area contributed by atoms with Gasteiger partial charge in [-0.3, -0.25) is 0 Å². The number of benzene rings is 1. The van der Waals surface area contributed by atoms with Crippen molar-refractivity contribution in [2.45, 2.75) is 40.2 Å². The average molecular weight is 250 g/mol. The number of halogens is 1. The molecule has 0 saturated carbocycles. The Morgan fingerprint density at radius 1 is 1.35 bits per heavy atom. The van der Waals surface area contributed by atoms with Crippen LogP contribution in [0.2, 0.25) is 5.02 Å². The van der Waals surface area contributed by atoms with Gasteiger partial charge in [0.1, 0.15) is 0 Å². The fourth-order valence-corrected chi connectivity index (χ4v) is 1.82. The molecule has 0 aromatic heterocycles. The predicted molar refractivity (Wildman–Crippen MR) is 75.0 cm³/mol. The van der Waals surface area contributed by atoms with Crippen LogP contribution in [0.4, 0.5) is 0 Å². The van der Waals surface area contributed by atoms with Gasteiger partial charge in [-0.2, -0.15) is 0 Å². The van der Waals surface area contributed by atoms with E-state index in [9.17, 15) is 0 Å². The van der Waals surface area contributed by atoms with Crippen LogP contribution < -0.4 is 5.73 Å². The molecule has 17 heavy (non-hydrogen) atoms. The zero-order valence-corrected chi connectivity index (χ0v) is 11.7. The van der Waals surface area contributed by atoms with Crippen molar-refractivity contribution >= 4 is 11.6 Å². The molecule has 0 spiro atoms. The molecule has 1 aromatic rings. The zero-order valence-electron chi connectivity index (χ0n) is 11.0. The van der Waals surface area contributed by atoms with Crippen LogP contribution in [0, 0.1) is 24.2 Å². The van der Waals surface area contributed by atoms with Gasteiger partial charge in [-0.1, -0.05) is 23.6 Å². The van der Waals surface area contributed by atoms with Crippen LogP contribution in [0.25, 0.3) is 0 Å². The van der Waals surface area contributed by atoms with Gasteiger partial charge >= 0.3 is 0 Å². The first-order valence-electron chi connectivity index (χ1n) is 5.81. The molecular weight excluding hydrogens is 230 g/mol. The molecular formula is C15H20ClN. The van der Waals surface area contributed by atoms with Gasteiger partial charge in [0.15, 0.2) is 0 Å². The smallest absolute Gasteiger partial charge is 0.0408 e. The quantitative estimate of drug-likeness (QED) is 0.785. The molecule has 0 bridgehead atoms. The van der Waals surface area contributed by atoms with Crippen molar-refractivity contribution in [3.05, 3.63) is 34.3 Å². The standard InChI is InChI=1S/C15H20ClN/c1-11-10-12(16)7-8-13(11)14(17)6-5-9-15(2,3)4/h7-8,10,14H,6,17H2,1-4H3. The molecule has 1 unspecified atom stereocenters. The van der Waals surface area contributed by atoms with E-state index in [2.05, 4.69) is 32.6 Å². The summed E-state index contributed by atoms with van der Waals surface area (Å²) in [4.78, 5) is 0. The highest BCUT2D eigenvalue weighted by atomic mass is 35.5. The van der Waals surface area contributed by atoms with Crippen molar-refractivity contribution in [3.8, 4) is 11.8 Å². The number of nitrogens with two attached hydrogens (primary N) is 1. The minimum atomic E-state index is -0.0397. The third-order valence-corrected chi connectivity index (χ3v) is 2.65. The average Bonchev–Trinajstić information content (AvgIpc) is 2.15. The Balaban J connectivity index is 2.76. The maximum Gasteiger partial charge on any atom is 0.0408 e. The van der Waals surface area contributed by atoms with E-state index in [-0.39, 0.29) is 11.5 Å². The number of hydrogen-bond acceptors (Lipinski definition) is 1. The van der Waals surface area contributed by atoms with E-state index >= 15 is 0 Å². The van der Waals surface area contributed by atoms with E-state index in [4.69, 9.17) is 17.3 Å². The molecule has 0 amide bonds. The van der Waals surface area contributed by atoms with Crippen LogP contribution in [0.3, 0.4) is 0 Å². The lowest BCUT2D eigenvalue weighted by Gasteiger charge is -2.13. The van der Waals surface area contributed by atoms with E-state index in [0.717, 1.165) is 16.1 Å². The van der Waals surface area contributed by atoms with Crippen molar-refractivity contribution in [2.75, 3.05) is 0 Å². The summed E-state index contributed by atoms with van der Waals surface area (Å²) in [6, 6.07) is 5.76. The minimum Gasteiger partial charge on any atom is -0.323 e. The Morgan fingerprint density at radius 2 is 2.00 bits per heavy atom. The summed E-state index contributed by atoms with van der Waals surface area (Å²) in [5.74, 6) is 6.35. The van der Waals surface area contributed by atoms with E-state index < -0.39 is 0 Å². The molecule has 2 heteroatoms. The maximum absolute atomic E-state index is 6.13. The molecule has 1 rings (SSSR count). The Hall–Kier alpha value is -0.970. The Labute approximate surface area is 109 Å². The molecule has 0 aliphatic rings. The summed E-state index contributed by atoms with van der Waals surface area (Å²) in [6.07, 6.45) is 0.680. The molecule has 2 N–H and O–H groups in total. The van der Waals surface area contributed by atoms with E-state index in [1.165, 1.54) is 0 Å². The number of aryl methyl sites for hydroxylation is 1. The highest BCUT2D eigenvalue weighted by Crippen LogP contribution is 2.22. The summed E-state index contributed by atoms with van der Waals surface area (Å²) >= 11 is 5.92. The van der Waals surface area contributed by atoms with Gasteiger partial charge in [0.2, 0.25) is 0 Å². The first kappa shape index (κ1) is 14.1. The van der Waals surface area contributed by atoms with Crippen LogP contribution in [0.5, 0.6) is 0 Å². The molecule has 0 aliphatic carbocycles. The third-order valence-electron chi connectivity index (χ3n) is 2.42. The van der Waals surface area contributed by atoms with Gasteiger partial charge in [-0.05, 0) is 51.0 Å². The molecule has 1 aromatic carbocycles. The maximum atomic E-state index is 6.13. The molecule has 0 heterocycles. The second kappa shape index (κ2) is 5.58. The number of hydrogen-bond donors (Lipinski definition) is 1. The van der Waals surface area contributed by atoms with Gasteiger partial charge < -0.3 is 5.73 Å². The summed E-state index contributed by atoms with van der Waals surface area (Å²) in [6.45, 7) is 8.31. The van der Waals surface area contributed by atoms with Gasteiger partial charge in [-0.25, -0.2) is 0 Å². The number of rotatable bonds is 2. The van der Waals surface area contributed by atoms with Crippen LogP contribution in [0.1, 0.15) is 44.4 Å². The Kier molecular flexibility index (Phi) is 4.62. The lowest BCUT2D eigenvalue weighted by molar-refractivity contribution is 0.569. The van der Waals surface area contributed by atoms with E-state index in [1.54, 1.807) is 0 Å². The van der Waals surface area contributed by atoms with Crippen molar-refractivity contribution in [1.82, 2.24) is 0 Å². The van der Waals surface area contributed by atoms with Crippen LogP contribution in [0.15, 0.2) is 18.2 Å². The molecule has 92 valence electrons. The van der Waals surface area contributed by atoms with Gasteiger partial charge in [0, 0.05) is 22.9 Å². The predicted octanol–water partition coefficient (Wildman–Crippen LogP) is 4.09. The molecule has 1 atom stereocenters. The van der Waals surface area contributed by atoms with Gasteiger partial charge in [0.05, 0.1) is 0 Å². The van der Waals surface area contributed by atoms with Crippen LogP contribution >= 0.6 is 11.6 Å². The zero-order chi connectivity index (χ0) is 13.1. The van der Waals surface area contributed by atoms with Crippen molar-refractivity contribution in [3.63, 3.8) is 0 Å². The first-order chi connectivity index (χ1) is 7.79. The molecule has 0 saturated heterocycles. The monoisotopic (exact) mass is 249 g/mol. The largest absolute Gasteiger partial charge is 0.323 e. The Bertz CT molecular complexity index is 446. The molecule has 0 radical (unpaired) electrons. The van der Waals surface area contributed by atoms with Gasteiger partial charge in [-0.15, -0.1) is 5.92 Å². The van der Waals surface area contributed by atoms with E-state index in [0.29, 0.717) is 6.42 Å². The third kappa shape index (κ3) is 4.81. The lowest BCUT2D eigenvalue weighted by Crippen LogP contribution is -2.11. The highest BCUT2D eigenvalue weighted by molar-refractivity contribution is 6.30. The van der Waals surface area contributed by atoms with Crippen LogP contribution in [-0.4, -0.2) is 0 Å². The van der Waals surface area contributed by atoms with Gasteiger partial charge in [0.25, 0.3) is 0 Å². The minimum absolute atomic E-state index is 0.0365. The SMILES string of the molecule is Cc1cc(Cl)ccc1C(N)CC#CC(C)(C)C. The summed E-state index contributed by atoms with van der Waals surface area (Å²) in [5.41, 5.74) is 8.42. The van der Waals surface area contributed by atoms with Crippen molar-refractivity contribution < 1.29 is 0 Å². The highest BCUT2D eigenvalue weighted by Gasteiger charge is 2.08. The summed E-state index contributed by atoms with van der Waals surface area (Å²) in [5, 5.41) is 0.749. The normalized spacial score (nSPS) is 12.8. The first-order valence-corrected chi connectivity index (χ1v) is 6.19. The fraction of sp³-hybridized carbons (Fsp3) is 0.467. The molecule has 0 aliphatic heterocycles. The van der Waals surface area contributed by atoms with Crippen LogP contribution in [-0.2, 0) is 0 Å². The fourth-order valence-electron chi connectivity index (χ4n) is 1.59. The summed E-state index contributed by atoms with van der Waals surface area (Å²) < 4.78 is 0. The molecule has 0 fully saturated rings. The lowest BCUT2D eigenvalue weighted by atomic mass is 9.96. The molecule has 1 nitrogen and oxygen atoms in total. The van der Waals surface area contributed by atoms with Crippen molar-refractivity contribution in [2.24, 2.45) is 11.1 Å². The topological polar surface area (TPSA) is 26.0 Å². The summed E-state index contributed by atoms with van der Waals surface area (Å²) in [7, 11) is 0. The van der Waals surface area contributed by atoms with E-state index in [1.807, 2.05) is 25.1 Å². The second-order valence-electron chi connectivity index (χ2n) is 5.36. The van der Waals surface area contributed by atoms with Crippen molar-refractivity contribution in [1.29, 1.82) is 0 Å². The second-order valence-corrected chi connectivity index (χ2v) is 5.80. The Morgan fingerprint density at radius 3 is 2.53 bits per heavy atom.